The Hall–Kier alpha value is -2.86. The van der Waals surface area contributed by atoms with Gasteiger partial charge in [0, 0.05) is 25.3 Å². The van der Waals surface area contributed by atoms with Crippen LogP contribution in [0.1, 0.15) is 17.5 Å². The Kier molecular flexibility index (Phi) is 5.53. The smallest absolute Gasteiger partial charge is 0.239 e. The van der Waals surface area contributed by atoms with E-state index >= 15 is 0 Å². The van der Waals surface area contributed by atoms with Crippen LogP contribution >= 0.6 is 0 Å². The van der Waals surface area contributed by atoms with Crippen LogP contribution < -0.4 is 15.1 Å². The molecule has 2 aromatic rings. The number of carbonyl (C=O) groups is 2. The molecule has 0 bridgehead atoms. The highest BCUT2D eigenvalue weighted by atomic mass is 16.5. The lowest BCUT2D eigenvalue weighted by atomic mass is 10.1. The largest absolute Gasteiger partial charge is 0.378 e. The molecule has 0 aliphatic carbocycles. The topological polar surface area (TPSA) is 61.9 Å². The van der Waals surface area contributed by atoms with Gasteiger partial charge in [0.05, 0.1) is 24.6 Å². The van der Waals surface area contributed by atoms with Gasteiger partial charge in [0.25, 0.3) is 0 Å². The third-order valence-corrected chi connectivity index (χ3v) is 5.84. The molecule has 2 fully saturated rings. The number of para-hydroxylation sites is 2. The fourth-order valence-electron chi connectivity index (χ4n) is 3.95. The quantitative estimate of drug-likeness (QED) is 0.811. The number of hydrogen-bond donors (Lipinski definition) is 1. The molecule has 0 aromatic heterocycles. The maximum Gasteiger partial charge on any atom is 0.239 e. The fraction of sp³-hybridized carbons (Fsp3) is 0.391. The number of anilines is 3. The van der Waals surface area contributed by atoms with Crippen molar-refractivity contribution in [3.63, 3.8) is 0 Å². The van der Waals surface area contributed by atoms with Gasteiger partial charge in [0.2, 0.25) is 11.8 Å². The summed E-state index contributed by atoms with van der Waals surface area (Å²) in [5.74, 6) is -1.02. The van der Waals surface area contributed by atoms with Crippen LogP contribution in [0.5, 0.6) is 0 Å². The number of morpholine rings is 1. The Morgan fingerprint density at radius 2 is 1.79 bits per heavy atom. The van der Waals surface area contributed by atoms with Gasteiger partial charge in [-0.05, 0) is 55.7 Å². The van der Waals surface area contributed by atoms with E-state index in [0.717, 1.165) is 35.7 Å². The molecule has 2 aliphatic heterocycles. The number of amides is 2. The summed E-state index contributed by atoms with van der Waals surface area (Å²) in [6.45, 7) is 7.57. The van der Waals surface area contributed by atoms with Crippen molar-refractivity contribution in [3.05, 3.63) is 53.6 Å². The van der Waals surface area contributed by atoms with Crippen molar-refractivity contribution in [2.24, 2.45) is 5.92 Å². The normalized spacial score (nSPS) is 19.5. The van der Waals surface area contributed by atoms with E-state index in [1.807, 2.05) is 56.3 Å². The molecule has 2 heterocycles. The van der Waals surface area contributed by atoms with Gasteiger partial charge >= 0.3 is 0 Å². The maximum atomic E-state index is 13.0. The lowest BCUT2D eigenvalue weighted by Crippen LogP contribution is -2.37. The number of hydrogen-bond acceptors (Lipinski definition) is 4. The van der Waals surface area contributed by atoms with Crippen LogP contribution in [0.25, 0.3) is 0 Å². The molecule has 0 spiro atoms. The molecule has 2 aliphatic rings. The Morgan fingerprint density at radius 1 is 1.03 bits per heavy atom. The molecule has 0 radical (unpaired) electrons. The summed E-state index contributed by atoms with van der Waals surface area (Å²) in [5, 5.41) is 3.00. The predicted molar refractivity (Wildman–Crippen MR) is 114 cm³/mol. The molecule has 6 nitrogen and oxygen atoms in total. The lowest BCUT2D eigenvalue weighted by Gasteiger charge is -2.30. The SMILES string of the molecule is Cc1ccc(N2CCC(C(=O)Nc3ccccc3N3CCOCC3)C2=O)cc1C. The van der Waals surface area contributed by atoms with E-state index in [2.05, 4.69) is 10.2 Å². The zero-order chi connectivity index (χ0) is 20.4. The number of rotatable bonds is 4. The summed E-state index contributed by atoms with van der Waals surface area (Å²) in [6.07, 6.45) is 0.525. The van der Waals surface area contributed by atoms with Gasteiger partial charge in [0.1, 0.15) is 5.92 Å². The van der Waals surface area contributed by atoms with E-state index < -0.39 is 5.92 Å². The molecule has 152 valence electrons. The number of ether oxygens (including phenoxy) is 1. The van der Waals surface area contributed by atoms with Gasteiger partial charge in [-0.2, -0.15) is 0 Å². The Morgan fingerprint density at radius 3 is 2.55 bits per heavy atom. The number of carbonyl (C=O) groups excluding carboxylic acids is 2. The van der Waals surface area contributed by atoms with Crippen LogP contribution in [0.2, 0.25) is 0 Å². The number of nitrogens with one attached hydrogen (secondary N) is 1. The molecule has 6 heteroatoms. The molecule has 2 saturated heterocycles. The van der Waals surface area contributed by atoms with E-state index in [1.54, 1.807) is 4.90 Å². The highest BCUT2D eigenvalue weighted by Gasteiger charge is 2.38. The van der Waals surface area contributed by atoms with Crippen molar-refractivity contribution in [1.82, 2.24) is 0 Å². The zero-order valence-corrected chi connectivity index (χ0v) is 17.0. The van der Waals surface area contributed by atoms with Gasteiger partial charge in [0.15, 0.2) is 0 Å². The number of benzene rings is 2. The lowest BCUT2D eigenvalue weighted by molar-refractivity contribution is -0.129. The number of aryl methyl sites for hydroxylation is 2. The Bertz CT molecular complexity index is 921. The van der Waals surface area contributed by atoms with Gasteiger partial charge < -0.3 is 19.9 Å². The average molecular weight is 393 g/mol. The first kappa shape index (κ1) is 19.5. The summed E-state index contributed by atoms with van der Waals surface area (Å²) < 4.78 is 5.43. The molecular formula is C23H27N3O3. The van der Waals surface area contributed by atoms with Gasteiger partial charge in [-0.15, -0.1) is 0 Å². The van der Waals surface area contributed by atoms with Crippen molar-refractivity contribution in [2.75, 3.05) is 48.0 Å². The summed E-state index contributed by atoms with van der Waals surface area (Å²) in [7, 11) is 0. The monoisotopic (exact) mass is 393 g/mol. The van der Waals surface area contributed by atoms with Gasteiger partial charge in [-0.25, -0.2) is 0 Å². The first-order valence-corrected chi connectivity index (χ1v) is 10.2. The third kappa shape index (κ3) is 3.98. The Labute approximate surface area is 171 Å². The van der Waals surface area contributed by atoms with E-state index in [4.69, 9.17) is 4.74 Å². The minimum Gasteiger partial charge on any atom is -0.378 e. The molecule has 1 unspecified atom stereocenters. The van der Waals surface area contributed by atoms with Crippen molar-refractivity contribution < 1.29 is 14.3 Å². The fourth-order valence-corrected chi connectivity index (χ4v) is 3.95. The van der Waals surface area contributed by atoms with E-state index in [1.165, 1.54) is 5.56 Å². The van der Waals surface area contributed by atoms with Crippen LogP contribution in [-0.2, 0) is 14.3 Å². The second-order valence-electron chi connectivity index (χ2n) is 7.71. The van der Waals surface area contributed by atoms with E-state index in [-0.39, 0.29) is 11.8 Å². The van der Waals surface area contributed by atoms with Crippen LogP contribution in [0.3, 0.4) is 0 Å². The molecular weight excluding hydrogens is 366 g/mol. The number of nitrogens with zero attached hydrogens (tertiary/aromatic N) is 2. The molecule has 4 rings (SSSR count). The second kappa shape index (κ2) is 8.25. The van der Waals surface area contributed by atoms with Crippen LogP contribution in [0.15, 0.2) is 42.5 Å². The second-order valence-corrected chi connectivity index (χ2v) is 7.71. The molecule has 1 N–H and O–H groups in total. The highest BCUT2D eigenvalue weighted by Crippen LogP contribution is 2.30. The standard InChI is InChI=1S/C23H27N3O3/c1-16-7-8-18(15-17(16)2)26-10-9-19(23(26)28)22(27)24-20-5-3-4-6-21(20)25-11-13-29-14-12-25/h3-8,15,19H,9-14H2,1-2H3,(H,24,27). The van der Waals surface area contributed by atoms with Crippen LogP contribution in [0, 0.1) is 19.8 Å². The predicted octanol–water partition coefficient (Wildman–Crippen LogP) is 3.13. The molecule has 1 atom stereocenters. The van der Waals surface area contributed by atoms with Crippen molar-refractivity contribution in [3.8, 4) is 0 Å². The minimum absolute atomic E-state index is 0.130. The summed E-state index contributed by atoms with van der Waals surface area (Å²) in [4.78, 5) is 29.8. The molecule has 2 amide bonds. The first-order chi connectivity index (χ1) is 14.0. The molecule has 0 saturated carbocycles. The van der Waals surface area contributed by atoms with Crippen LogP contribution in [0.4, 0.5) is 17.1 Å². The summed E-state index contributed by atoms with van der Waals surface area (Å²) in [6, 6.07) is 13.7. The summed E-state index contributed by atoms with van der Waals surface area (Å²) in [5.41, 5.74) is 4.91. The van der Waals surface area contributed by atoms with Crippen molar-refractivity contribution in [1.29, 1.82) is 0 Å². The molecule has 29 heavy (non-hydrogen) atoms. The zero-order valence-electron chi connectivity index (χ0n) is 17.0. The van der Waals surface area contributed by atoms with E-state index in [0.29, 0.717) is 26.2 Å². The van der Waals surface area contributed by atoms with Gasteiger partial charge in [-0.3, -0.25) is 9.59 Å². The first-order valence-electron chi connectivity index (χ1n) is 10.2. The Balaban J connectivity index is 1.48. The van der Waals surface area contributed by atoms with Crippen molar-refractivity contribution in [2.45, 2.75) is 20.3 Å². The minimum atomic E-state index is -0.658. The average Bonchev–Trinajstić information content (AvgIpc) is 3.12. The maximum absolute atomic E-state index is 13.0. The summed E-state index contributed by atoms with van der Waals surface area (Å²) >= 11 is 0. The van der Waals surface area contributed by atoms with Gasteiger partial charge in [-0.1, -0.05) is 18.2 Å². The third-order valence-electron chi connectivity index (χ3n) is 5.84. The van der Waals surface area contributed by atoms with Crippen molar-refractivity contribution >= 4 is 28.9 Å². The molecule has 2 aromatic carbocycles. The van der Waals surface area contributed by atoms with Crippen LogP contribution in [-0.4, -0.2) is 44.7 Å². The highest BCUT2D eigenvalue weighted by molar-refractivity contribution is 6.14. The van der Waals surface area contributed by atoms with E-state index in [9.17, 15) is 9.59 Å².